The molecule has 0 saturated carbocycles. The van der Waals surface area contributed by atoms with Gasteiger partial charge < -0.3 is 86.1 Å². The van der Waals surface area contributed by atoms with E-state index in [1.165, 1.54) is 0 Å². The fraction of sp³-hybridized carbons (Fsp3) is 1.00. The molecule has 0 fully saturated rings. The van der Waals surface area contributed by atoms with E-state index in [2.05, 4.69) is 0 Å². The van der Waals surface area contributed by atoms with E-state index >= 15 is 0 Å². The Morgan fingerprint density at radius 3 is 0.451 bits per heavy atom. The molecule has 0 bridgehead atoms. The van der Waals surface area contributed by atoms with Crippen molar-refractivity contribution in [3.63, 3.8) is 0 Å². The molecule has 242 valence electrons. The van der Waals surface area contributed by atoms with Crippen LogP contribution in [-0.2, 0) is 27.4 Å². The molecule has 0 saturated heterocycles. The summed E-state index contributed by atoms with van der Waals surface area (Å²) < 4.78 is 66.7. The topological polar surface area (TPSA) is 392 Å². The summed E-state index contributed by atoms with van der Waals surface area (Å²) in [5, 5.41) is 0. The van der Waals surface area contributed by atoms with Crippen LogP contribution in [0.2, 0.25) is 0 Å². The molecule has 0 spiro atoms. The van der Waals surface area contributed by atoms with Crippen molar-refractivity contribution in [2.45, 2.75) is 0 Å². The van der Waals surface area contributed by atoms with E-state index in [0.29, 0.717) is 19.6 Å². The van der Waals surface area contributed by atoms with Crippen molar-refractivity contribution < 1.29 is 651 Å². The summed E-state index contributed by atoms with van der Waals surface area (Å²) >= 11 is 0. The van der Waals surface area contributed by atoms with Crippen molar-refractivity contribution in [3.8, 4) is 0 Å². The van der Waals surface area contributed by atoms with Crippen molar-refractivity contribution in [3.05, 3.63) is 0 Å². The van der Waals surface area contributed by atoms with Gasteiger partial charge in [-0.3, -0.25) is 19.6 Å². The van der Waals surface area contributed by atoms with Crippen LogP contribution in [0, 0.1) is 0 Å². The summed E-state index contributed by atoms with van der Waals surface area (Å²) in [6.07, 6.45) is -8.51. The molecule has 51 heavy (non-hydrogen) atoms. The molecule has 0 aromatic rings. The first-order valence-electron chi connectivity index (χ1n) is 10.5. The minimum absolute atomic E-state index is 0. The van der Waals surface area contributed by atoms with Gasteiger partial charge in [-0.05, 0) is 0 Å². The van der Waals surface area contributed by atoms with Crippen molar-refractivity contribution in [1.82, 2.24) is 19.6 Å². The molecular weight excluding hydrogens is 1100 g/mol. The van der Waals surface area contributed by atoms with E-state index in [-0.39, 0.29) is 565 Å². The summed E-state index contributed by atoms with van der Waals surface area (Å²) in [7, 11) is -32.5. The zero-order valence-corrected chi connectivity index (χ0v) is 71.0. The normalized spacial score (nSPS) is 11.5. The number of hydrogen-bond acceptors (Lipinski definition) is 22. The largest absolute Gasteiger partial charge is 1.00 e. The van der Waals surface area contributed by atoms with Crippen molar-refractivity contribution in [2.75, 3.05) is 77.0 Å². The predicted molar refractivity (Wildman–Crippen MR) is 111 cm³/mol. The third kappa shape index (κ3) is 75.4. The maximum atomic E-state index is 11.3. The second kappa shape index (κ2) is 50.9. The van der Waals surface area contributed by atoms with Crippen LogP contribution < -0.4 is 624 Å². The summed E-state index contributed by atoms with van der Waals surface area (Å²) in [6, 6.07) is 0. The molecule has 0 aliphatic rings. The first-order chi connectivity index (χ1) is 17.5. The van der Waals surface area contributed by atoms with E-state index in [0.717, 1.165) is 0 Å². The molecule has 0 aromatic heterocycles. The van der Waals surface area contributed by atoms with Crippen LogP contribution in [0.5, 0.6) is 0 Å². The fourth-order valence-electron chi connectivity index (χ4n) is 3.20. The molecular formula is C12H24K11N4O18P6-. The molecule has 0 amide bonds. The molecule has 0 heterocycles. The molecule has 39 heteroatoms. The van der Waals surface area contributed by atoms with Gasteiger partial charge in [0.25, 0.3) is 0 Å². The zero-order chi connectivity index (χ0) is 31.8. The Morgan fingerprint density at radius 1 is 0.235 bits per heavy atom. The minimum atomic E-state index is -5.42. The fourth-order valence-corrected chi connectivity index (χ4v) is 7.98. The van der Waals surface area contributed by atoms with Gasteiger partial charge in [0.2, 0.25) is 0 Å². The molecule has 0 unspecified atom stereocenters. The Balaban J connectivity index is -0.000000138. The van der Waals surface area contributed by atoms with Gasteiger partial charge in [-0.15, -0.1) is 0 Å². The minimum Gasteiger partial charge on any atom is -0.810 e. The first-order valence-corrected chi connectivity index (χ1v) is 20.8. The van der Waals surface area contributed by atoms with E-state index < -0.39 is 123 Å². The molecule has 0 rings (SSSR count). The van der Waals surface area contributed by atoms with Gasteiger partial charge in [-0.25, -0.2) is 0 Å². The SMILES string of the molecule is O=P([O-])([O-])CN(CCN(CCN(CP(=O)([O-])[O-])CP(=O)([O-])[O-])CP(=O)([O-])[O-])CCN(CP(=O)([O-])[O-])CP(=O)([O-])[O-].[K+].[K+].[K+].[K+].[K+].[K+].[K+].[K+].[K+].[K+].[K+]. The van der Waals surface area contributed by atoms with E-state index in [1.54, 1.807) is 0 Å². The molecule has 0 N–H and O–H groups in total. The van der Waals surface area contributed by atoms with Crippen LogP contribution in [0.15, 0.2) is 0 Å². The van der Waals surface area contributed by atoms with Crippen molar-refractivity contribution in [2.24, 2.45) is 0 Å². The third-order valence-electron chi connectivity index (χ3n) is 4.44. The van der Waals surface area contributed by atoms with Gasteiger partial charge in [-0.2, -0.15) is 0 Å². The average molecular weight is 1130 g/mol. The molecule has 0 aliphatic carbocycles. The summed E-state index contributed by atoms with van der Waals surface area (Å²) in [5.74, 6) is 0. The average Bonchev–Trinajstić information content (AvgIpc) is 2.60. The van der Waals surface area contributed by atoms with Crippen LogP contribution in [-0.4, -0.2) is 96.6 Å². The Morgan fingerprint density at radius 2 is 0.333 bits per heavy atom. The third-order valence-corrected chi connectivity index (χ3v) is 8.92. The second-order valence-corrected chi connectivity index (χ2v) is 17.6. The van der Waals surface area contributed by atoms with Gasteiger partial charge in [0.1, 0.15) is 0 Å². The smallest absolute Gasteiger partial charge is 0.810 e. The molecule has 0 atom stereocenters. The maximum absolute atomic E-state index is 11.3. The van der Waals surface area contributed by atoms with Crippen LogP contribution in [0.25, 0.3) is 0 Å². The van der Waals surface area contributed by atoms with Gasteiger partial charge in [-0.1, -0.05) is 45.6 Å². The summed E-state index contributed by atoms with van der Waals surface area (Å²) in [4.78, 5) is 135. The molecule has 0 aliphatic heterocycles. The van der Waals surface area contributed by atoms with E-state index in [9.17, 15) is 86.1 Å². The van der Waals surface area contributed by atoms with E-state index in [1.807, 2.05) is 0 Å². The van der Waals surface area contributed by atoms with Gasteiger partial charge >= 0.3 is 565 Å². The van der Waals surface area contributed by atoms with Crippen molar-refractivity contribution in [1.29, 1.82) is 0 Å². The Kier molecular flexibility index (Phi) is 98.6. The number of hydrogen-bond donors (Lipinski definition) is 0. The second-order valence-electron chi connectivity index (χ2n) is 8.54. The van der Waals surface area contributed by atoms with Crippen LogP contribution in [0.1, 0.15) is 0 Å². The standard InChI is InChI=1S/C12H36N4O18P6.11K/c17-35(18,19)7-13(3-5-15(9-37(23,24)25)10-38(26,27)28)1-2-14(8-36(20,21)22)4-6-16(11-39(29,30)31)12-40(32,33)34;;;;;;;;;;;/h1-12H2,(H2,17,18,19)(H2,20,21,22)(H2,23,24,25)(H2,26,27,28)(H2,29,30,31)(H2,32,33,34);;;;;;;;;;;/q;11*+1/p-12. The predicted octanol–water partition coefficient (Wildman–Crippen LogP) is -43.5. The van der Waals surface area contributed by atoms with Crippen LogP contribution in [0.4, 0.5) is 0 Å². The van der Waals surface area contributed by atoms with Gasteiger partial charge in [0.15, 0.2) is 0 Å². The van der Waals surface area contributed by atoms with Gasteiger partial charge in [0, 0.05) is 77.0 Å². The number of rotatable bonds is 21. The zero-order valence-electron chi connectivity index (χ0n) is 31.3. The Bertz CT molecular complexity index is 980. The van der Waals surface area contributed by atoms with Gasteiger partial charge in [0.05, 0.1) is 0 Å². The van der Waals surface area contributed by atoms with Crippen molar-refractivity contribution >= 4 is 45.6 Å². The monoisotopic (exact) mass is 1130 g/mol. The number of nitrogens with zero attached hydrogens (tertiary/aromatic N) is 4. The molecule has 22 nitrogen and oxygen atoms in total. The Hall–Kier alpha value is 18.7. The Labute approximate surface area is 766 Å². The van der Waals surface area contributed by atoms with Crippen LogP contribution in [0.3, 0.4) is 0 Å². The molecule has 0 aromatic carbocycles. The maximum Gasteiger partial charge on any atom is 1.00 e. The summed E-state index contributed by atoms with van der Waals surface area (Å²) in [6.45, 7) is -4.20. The van der Waals surface area contributed by atoms with E-state index in [4.69, 9.17) is 0 Å². The van der Waals surface area contributed by atoms with Crippen LogP contribution >= 0.6 is 45.6 Å². The molecule has 0 radical (unpaired) electrons. The summed E-state index contributed by atoms with van der Waals surface area (Å²) in [5.41, 5.74) is 0. The first kappa shape index (κ1) is 98.8. The quantitative estimate of drug-likeness (QED) is 0.0761.